The van der Waals surface area contributed by atoms with Crippen LogP contribution in [0.5, 0.6) is 5.75 Å². The molecule has 9 heteroatoms. The third-order valence-electron chi connectivity index (χ3n) is 8.27. The van der Waals surface area contributed by atoms with Crippen LogP contribution < -0.4 is 15.4 Å². The van der Waals surface area contributed by atoms with E-state index in [1.54, 1.807) is 31.4 Å². The lowest BCUT2D eigenvalue weighted by Gasteiger charge is -2.36. The van der Waals surface area contributed by atoms with E-state index in [-0.39, 0.29) is 30.2 Å². The predicted molar refractivity (Wildman–Crippen MR) is 130 cm³/mol. The topological polar surface area (TPSA) is 117 Å². The summed E-state index contributed by atoms with van der Waals surface area (Å²) in [5.74, 6) is -1.76. The van der Waals surface area contributed by atoms with E-state index in [4.69, 9.17) is 9.47 Å². The second-order valence-corrected chi connectivity index (χ2v) is 10.2. The number of fused-ring (bicyclic) bond motifs is 1. The van der Waals surface area contributed by atoms with Gasteiger partial charge in [0.1, 0.15) is 17.4 Å². The van der Waals surface area contributed by atoms with Crippen molar-refractivity contribution in [1.29, 1.82) is 0 Å². The molecule has 0 saturated carbocycles. The third-order valence-corrected chi connectivity index (χ3v) is 8.27. The second kappa shape index (κ2) is 9.43. The molecule has 3 aliphatic heterocycles. The average molecular weight is 488 g/mol. The molecule has 7 atom stereocenters. The van der Waals surface area contributed by atoms with Crippen LogP contribution in [0.15, 0.2) is 24.3 Å². The number of carbonyl (C=O) groups is 3. The van der Waals surface area contributed by atoms with Gasteiger partial charge in [-0.15, -0.1) is 0 Å². The first kappa shape index (κ1) is 25.4. The van der Waals surface area contributed by atoms with Gasteiger partial charge in [0.2, 0.25) is 17.7 Å². The number of aliphatic hydroxyl groups is 1. The lowest BCUT2D eigenvalue weighted by atomic mass is 9.62. The van der Waals surface area contributed by atoms with E-state index in [9.17, 15) is 19.5 Å². The molecule has 3 saturated heterocycles. The van der Waals surface area contributed by atoms with Gasteiger partial charge in [0.25, 0.3) is 0 Å². The fourth-order valence-electron chi connectivity index (χ4n) is 6.43. The van der Waals surface area contributed by atoms with Gasteiger partial charge in [0, 0.05) is 12.2 Å². The normalized spacial score (nSPS) is 34.0. The quantitative estimate of drug-likeness (QED) is 0.490. The Morgan fingerprint density at radius 2 is 1.94 bits per heavy atom. The Morgan fingerprint density at radius 1 is 1.26 bits per heavy atom. The van der Waals surface area contributed by atoms with E-state index in [1.165, 1.54) is 4.90 Å². The largest absolute Gasteiger partial charge is 0.497 e. The number of nitrogens with zero attached hydrogens (tertiary/aromatic N) is 1. The summed E-state index contributed by atoms with van der Waals surface area (Å²) in [6, 6.07) is 5.42. The number of hydrogen-bond donors (Lipinski definition) is 3. The second-order valence-electron chi connectivity index (χ2n) is 10.2. The number of benzene rings is 1. The first-order chi connectivity index (χ1) is 16.7. The molecule has 1 aromatic carbocycles. The zero-order valence-electron chi connectivity index (χ0n) is 21.2. The minimum Gasteiger partial charge on any atom is -0.497 e. The van der Waals surface area contributed by atoms with Crippen LogP contribution in [0.4, 0.5) is 5.69 Å². The smallest absolute Gasteiger partial charge is 0.250 e. The molecule has 1 aromatic rings. The van der Waals surface area contributed by atoms with Crippen LogP contribution in [0, 0.1) is 17.8 Å². The maximum absolute atomic E-state index is 14.0. The lowest BCUT2D eigenvalue weighted by Crippen LogP contribution is -2.56. The van der Waals surface area contributed by atoms with Crippen molar-refractivity contribution in [3.8, 4) is 5.75 Å². The van der Waals surface area contributed by atoms with E-state index in [1.807, 2.05) is 27.7 Å². The van der Waals surface area contributed by atoms with Crippen LogP contribution in [0.1, 0.15) is 47.0 Å². The van der Waals surface area contributed by atoms with Crippen molar-refractivity contribution < 1.29 is 29.0 Å². The number of rotatable bonds is 9. The maximum Gasteiger partial charge on any atom is 0.250 e. The number of likely N-dealkylation sites (tertiary alicyclic amines) is 1. The number of amides is 3. The number of carbonyl (C=O) groups excluding carboxylic acids is 3. The zero-order valence-corrected chi connectivity index (χ0v) is 21.2. The van der Waals surface area contributed by atoms with Crippen LogP contribution >= 0.6 is 0 Å². The van der Waals surface area contributed by atoms with E-state index < -0.39 is 35.1 Å². The standard InChI is InChI=1S/C26H37N3O6/c1-6-12-27-22(31)19-20-24(33)29(17(7-2)14-30)21(26(20)13-15(3)25(19,4)35-26)23(32)28-16-8-10-18(34-5)11-9-16/h8-11,15,17,19-21,30H,6-7,12-14H2,1-5H3,(H,27,31)(H,28,32)/t15?,17-,19-,20-,21?,25+,26?/m0/s1. The third kappa shape index (κ3) is 3.80. The average Bonchev–Trinajstić information content (AvgIpc) is 3.36. The molecule has 0 aromatic heterocycles. The van der Waals surface area contributed by atoms with Crippen LogP contribution in [-0.2, 0) is 19.1 Å². The molecule has 3 heterocycles. The molecule has 3 N–H and O–H groups in total. The van der Waals surface area contributed by atoms with Gasteiger partial charge in [-0.3, -0.25) is 14.4 Å². The van der Waals surface area contributed by atoms with Gasteiger partial charge in [-0.05, 0) is 56.4 Å². The predicted octanol–water partition coefficient (Wildman–Crippen LogP) is 1.94. The molecule has 3 amide bonds. The number of hydrogen-bond acceptors (Lipinski definition) is 6. The molecule has 192 valence electrons. The van der Waals surface area contributed by atoms with Crippen LogP contribution in [0.25, 0.3) is 0 Å². The Hall–Kier alpha value is -2.65. The van der Waals surface area contributed by atoms with Crippen LogP contribution in [-0.4, -0.2) is 71.3 Å². The molecule has 2 bridgehead atoms. The summed E-state index contributed by atoms with van der Waals surface area (Å²) in [7, 11) is 1.57. The van der Waals surface area contributed by atoms with Gasteiger partial charge in [0.15, 0.2) is 0 Å². The Labute approximate surface area is 206 Å². The highest BCUT2D eigenvalue weighted by atomic mass is 16.5. The first-order valence-electron chi connectivity index (χ1n) is 12.5. The van der Waals surface area contributed by atoms with Gasteiger partial charge < -0.3 is 30.1 Å². The molecule has 3 fully saturated rings. The molecular formula is C26H37N3O6. The van der Waals surface area contributed by atoms with Gasteiger partial charge >= 0.3 is 0 Å². The number of ether oxygens (including phenoxy) is 2. The van der Waals surface area contributed by atoms with Gasteiger partial charge in [-0.2, -0.15) is 0 Å². The van der Waals surface area contributed by atoms with Crippen molar-refractivity contribution >= 4 is 23.4 Å². The highest BCUT2D eigenvalue weighted by molar-refractivity contribution is 6.04. The fourth-order valence-corrected chi connectivity index (χ4v) is 6.43. The molecule has 0 radical (unpaired) electrons. The number of nitrogens with one attached hydrogen (secondary N) is 2. The van der Waals surface area contributed by atoms with Crippen molar-refractivity contribution in [1.82, 2.24) is 10.2 Å². The molecule has 3 aliphatic rings. The Morgan fingerprint density at radius 3 is 2.51 bits per heavy atom. The van der Waals surface area contributed by atoms with E-state index in [0.717, 1.165) is 6.42 Å². The molecule has 3 unspecified atom stereocenters. The van der Waals surface area contributed by atoms with E-state index in [2.05, 4.69) is 10.6 Å². The highest BCUT2D eigenvalue weighted by Crippen LogP contribution is 2.65. The van der Waals surface area contributed by atoms with Crippen molar-refractivity contribution in [3.63, 3.8) is 0 Å². The zero-order chi connectivity index (χ0) is 25.5. The molecule has 35 heavy (non-hydrogen) atoms. The summed E-state index contributed by atoms with van der Waals surface area (Å²) < 4.78 is 11.9. The van der Waals surface area contributed by atoms with E-state index in [0.29, 0.717) is 30.8 Å². The van der Waals surface area contributed by atoms with Gasteiger partial charge in [0.05, 0.1) is 37.2 Å². The summed E-state index contributed by atoms with van der Waals surface area (Å²) >= 11 is 0. The lowest BCUT2D eigenvalue weighted by molar-refractivity contribution is -0.149. The van der Waals surface area contributed by atoms with Gasteiger partial charge in [-0.1, -0.05) is 20.8 Å². The summed E-state index contributed by atoms with van der Waals surface area (Å²) in [5, 5.41) is 16.0. The monoisotopic (exact) mass is 487 g/mol. The van der Waals surface area contributed by atoms with Crippen molar-refractivity contribution in [3.05, 3.63) is 24.3 Å². The van der Waals surface area contributed by atoms with E-state index >= 15 is 0 Å². The maximum atomic E-state index is 14.0. The number of methoxy groups -OCH3 is 1. The summed E-state index contributed by atoms with van der Waals surface area (Å²) in [4.78, 5) is 42.7. The van der Waals surface area contributed by atoms with Gasteiger partial charge in [-0.25, -0.2) is 0 Å². The molecular weight excluding hydrogens is 450 g/mol. The van der Waals surface area contributed by atoms with Crippen LogP contribution in [0.2, 0.25) is 0 Å². The molecule has 4 rings (SSSR count). The summed E-state index contributed by atoms with van der Waals surface area (Å²) in [6.45, 7) is 7.97. The van der Waals surface area contributed by atoms with Crippen molar-refractivity contribution in [2.45, 2.75) is 70.2 Å². The highest BCUT2D eigenvalue weighted by Gasteiger charge is 2.80. The SMILES string of the molecule is CCCNC(=O)[C@@H]1[C@H]2C(=O)N([C@@H](CC)CO)C(C(=O)Nc3ccc(OC)cc3)C23CC(C)[C@@]1(C)O3. The molecule has 9 nitrogen and oxygen atoms in total. The summed E-state index contributed by atoms with van der Waals surface area (Å²) in [6.07, 6.45) is 1.73. The fraction of sp³-hybridized carbons (Fsp3) is 0.654. The minimum atomic E-state index is -1.14. The number of aliphatic hydroxyl groups excluding tert-OH is 1. The first-order valence-corrected chi connectivity index (χ1v) is 12.5. The summed E-state index contributed by atoms with van der Waals surface area (Å²) in [5.41, 5.74) is -1.44. The van der Waals surface area contributed by atoms with Crippen molar-refractivity contribution in [2.24, 2.45) is 17.8 Å². The van der Waals surface area contributed by atoms with Crippen LogP contribution in [0.3, 0.4) is 0 Å². The van der Waals surface area contributed by atoms with Crippen molar-refractivity contribution in [2.75, 3.05) is 25.6 Å². The molecule has 0 aliphatic carbocycles. The Kier molecular flexibility index (Phi) is 6.85. The molecule has 1 spiro atoms. The minimum absolute atomic E-state index is 0.0330. The Bertz CT molecular complexity index is 980. The Balaban J connectivity index is 1.75. The number of anilines is 1.